The van der Waals surface area contributed by atoms with Gasteiger partial charge in [-0.15, -0.1) is 11.6 Å². The highest BCUT2D eigenvalue weighted by Crippen LogP contribution is 2.36. The number of alkyl halides is 1. The zero-order valence-electron chi connectivity index (χ0n) is 19.4. The fourth-order valence-electron chi connectivity index (χ4n) is 3.80. The molecule has 0 aliphatic heterocycles. The number of ketones is 1. The lowest BCUT2D eigenvalue weighted by molar-refractivity contribution is 0.0979. The Balaban J connectivity index is 2.40. The third-order valence-corrected chi connectivity index (χ3v) is 5.77. The smallest absolute Gasteiger partial charge is 0.164 e. The van der Waals surface area contributed by atoms with E-state index in [1.54, 1.807) is 0 Å². The molecule has 1 aromatic rings. The van der Waals surface area contributed by atoms with Crippen LogP contribution in [0.1, 0.15) is 127 Å². The first-order valence-electron chi connectivity index (χ1n) is 12.0. The molecular weight excluding hydrogens is 378 g/mol. The number of Topliss-reactive ketones (excluding diaryl/α,β-unsaturated/α-hetero) is 1. The van der Waals surface area contributed by atoms with Gasteiger partial charge in [0.25, 0.3) is 0 Å². The third-order valence-electron chi connectivity index (χ3n) is 5.56. The average Bonchev–Trinajstić information content (AvgIpc) is 2.69. The molecule has 0 aromatic heterocycles. The predicted octanol–water partition coefficient (Wildman–Crippen LogP) is 8.87. The summed E-state index contributed by atoms with van der Waals surface area (Å²) in [6, 6.07) is 5.94. The number of carbonyl (C=O) groups is 1. The molecular formula is C26H44ClNO. The molecule has 3 heteroatoms. The molecule has 1 N–H and O–H groups in total. The Morgan fingerprint density at radius 3 is 1.93 bits per heavy atom. The highest BCUT2D eigenvalue weighted by atomic mass is 35.5. The molecule has 0 fully saturated rings. The zero-order chi connectivity index (χ0) is 21.5. The van der Waals surface area contributed by atoms with Crippen molar-refractivity contribution < 1.29 is 4.79 Å². The molecule has 0 amide bonds. The number of para-hydroxylation sites is 1. The summed E-state index contributed by atoms with van der Waals surface area (Å²) in [6.07, 6.45) is 15.9. The molecule has 2 nitrogen and oxygen atoms in total. The lowest BCUT2D eigenvalue weighted by Crippen LogP contribution is -2.16. The highest BCUT2D eigenvalue weighted by Gasteiger charge is 2.24. The van der Waals surface area contributed by atoms with Crippen LogP contribution in [0.4, 0.5) is 5.69 Å². The van der Waals surface area contributed by atoms with E-state index in [0.29, 0.717) is 6.42 Å². The van der Waals surface area contributed by atoms with Gasteiger partial charge in [0.1, 0.15) is 0 Å². The maximum atomic E-state index is 12.9. The van der Waals surface area contributed by atoms with Crippen molar-refractivity contribution >= 4 is 23.1 Å². The van der Waals surface area contributed by atoms with Crippen LogP contribution in [0.5, 0.6) is 0 Å². The van der Waals surface area contributed by atoms with Crippen molar-refractivity contribution in [1.82, 2.24) is 0 Å². The number of hydrogen-bond acceptors (Lipinski definition) is 2. The monoisotopic (exact) mass is 421 g/mol. The highest BCUT2D eigenvalue weighted by molar-refractivity contribution is 6.24. The summed E-state index contributed by atoms with van der Waals surface area (Å²) >= 11 is 6.59. The first-order valence-corrected chi connectivity index (χ1v) is 12.4. The van der Waals surface area contributed by atoms with E-state index >= 15 is 0 Å². The Kier molecular flexibility index (Phi) is 13.4. The first kappa shape index (κ1) is 26.0. The summed E-state index contributed by atoms with van der Waals surface area (Å²) in [5, 5.41) is 3.46. The van der Waals surface area contributed by atoms with Crippen molar-refractivity contribution in [3.63, 3.8) is 0 Å². The molecule has 0 bridgehead atoms. The van der Waals surface area contributed by atoms with Gasteiger partial charge >= 0.3 is 0 Å². The van der Waals surface area contributed by atoms with Crippen LogP contribution in [0, 0.1) is 0 Å². The van der Waals surface area contributed by atoms with Gasteiger partial charge in [0, 0.05) is 24.2 Å². The number of carbonyl (C=O) groups excluding carboxylic acids is 1. The molecule has 0 saturated heterocycles. The fraction of sp³-hybridized carbons (Fsp3) is 0.731. The van der Waals surface area contributed by atoms with Crippen molar-refractivity contribution in [2.75, 3.05) is 11.9 Å². The minimum atomic E-state index is -0.497. The lowest BCUT2D eigenvalue weighted by Gasteiger charge is -2.23. The van der Waals surface area contributed by atoms with Crippen molar-refractivity contribution in [1.29, 1.82) is 0 Å². The molecule has 0 unspecified atom stereocenters. The van der Waals surface area contributed by atoms with Crippen LogP contribution in [0.2, 0.25) is 0 Å². The first-order chi connectivity index (χ1) is 13.9. The molecule has 1 aromatic carbocycles. The maximum absolute atomic E-state index is 12.9. The largest absolute Gasteiger partial charge is 0.384 e. The summed E-state index contributed by atoms with van der Waals surface area (Å²) in [5.74, 6) is 0.238. The van der Waals surface area contributed by atoms with Crippen molar-refractivity contribution in [2.24, 2.45) is 0 Å². The summed E-state index contributed by atoms with van der Waals surface area (Å²) in [4.78, 5) is 12.4. The quantitative estimate of drug-likeness (QED) is 0.154. The zero-order valence-corrected chi connectivity index (χ0v) is 20.2. The van der Waals surface area contributed by atoms with Crippen LogP contribution < -0.4 is 5.32 Å². The van der Waals surface area contributed by atoms with Crippen LogP contribution in [0.25, 0.3) is 0 Å². The molecule has 0 radical (unpaired) electrons. The van der Waals surface area contributed by atoms with Crippen LogP contribution in [-0.2, 0) is 4.87 Å². The van der Waals surface area contributed by atoms with Gasteiger partial charge in [-0.2, -0.15) is 0 Å². The van der Waals surface area contributed by atoms with E-state index in [0.717, 1.165) is 42.6 Å². The summed E-state index contributed by atoms with van der Waals surface area (Å²) in [6.45, 7) is 9.22. The lowest BCUT2D eigenvalue weighted by atomic mass is 9.93. The maximum Gasteiger partial charge on any atom is 0.164 e. The number of anilines is 1. The Morgan fingerprint density at radius 2 is 1.41 bits per heavy atom. The number of benzene rings is 1. The molecule has 1 rings (SSSR count). The van der Waals surface area contributed by atoms with Gasteiger partial charge in [-0.3, -0.25) is 4.79 Å². The summed E-state index contributed by atoms with van der Waals surface area (Å²) in [7, 11) is 0. The van der Waals surface area contributed by atoms with Gasteiger partial charge in [-0.05, 0) is 38.3 Å². The minimum Gasteiger partial charge on any atom is -0.384 e. The number of unbranched alkanes of at least 4 members (excludes halogenated alkanes) is 10. The van der Waals surface area contributed by atoms with Crippen LogP contribution in [-0.4, -0.2) is 12.3 Å². The van der Waals surface area contributed by atoms with E-state index in [1.165, 1.54) is 57.8 Å². The van der Waals surface area contributed by atoms with E-state index in [4.69, 9.17) is 11.6 Å². The predicted molar refractivity (Wildman–Crippen MR) is 130 cm³/mol. The van der Waals surface area contributed by atoms with Crippen molar-refractivity contribution in [2.45, 2.75) is 116 Å². The molecule has 0 atom stereocenters. The second-order valence-corrected chi connectivity index (χ2v) is 9.78. The number of nitrogens with one attached hydrogen (secondary N) is 1. The number of rotatable bonds is 17. The van der Waals surface area contributed by atoms with Gasteiger partial charge in [-0.25, -0.2) is 0 Å². The van der Waals surface area contributed by atoms with Gasteiger partial charge in [0.2, 0.25) is 0 Å². The minimum absolute atomic E-state index is 0.238. The molecule has 0 aliphatic rings. The fourth-order valence-corrected chi connectivity index (χ4v) is 3.96. The average molecular weight is 422 g/mol. The van der Waals surface area contributed by atoms with Gasteiger partial charge < -0.3 is 5.32 Å². The van der Waals surface area contributed by atoms with Crippen molar-refractivity contribution in [3.05, 3.63) is 29.3 Å². The van der Waals surface area contributed by atoms with E-state index in [2.05, 4.69) is 19.2 Å². The van der Waals surface area contributed by atoms with Gasteiger partial charge in [0.05, 0.1) is 4.87 Å². The van der Waals surface area contributed by atoms with Crippen LogP contribution >= 0.6 is 11.6 Å². The Morgan fingerprint density at radius 1 is 0.862 bits per heavy atom. The van der Waals surface area contributed by atoms with Gasteiger partial charge in [-0.1, -0.05) is 90.2 Å². The molecule has 29 heavy (non-hydrogen) atoms. The molecule has 0 spiro atoms. The van der Waals surface area contributed by atoms with Crippen LogP contribution in [0.15, 0.2) is 18.2 Å². The van der Waals surface area contributed by atoms with E-state index in [-0.39, 0.29) is 5.78 Å². The Hall–Kier alpha value is -1.02. The van der Waals surface area contributed by atoms with Gasteiger partial charge in [0.15, 0.2) is 5.78 Å². The van der Waals surface area contributed by atoms with E-state index in [9.17, 15) is 4.79 Å². The molecule has 166 valence electrons. The molecule has 0 saturated carbocycles. The topological polar surface area (TPSA) is 29.1 Å². The second kappa shape index (κ2) is 14.9. The Bertz CT molecular complexity index is 577. The summed E-state index contributed by atoms with van der Waals surface area (Å²) in [5.41, 5.74) is 2.75. The number of hydrogen-bond donors (Lipinski definition) is 1. The normalized spacial score (nSPS) is 11.6. The van der Waals surface area contributed by atoms with E-state index < -0.39 is 4.87 Å². The standard InChI is InChI=1S/C26H44ClNO/c1-5-7-8-9-10-11-12-13-14-15-16-20-24(29)22-18-17-19-23(26(3,4)27)25(22)28-21-6-2/h17-19,28H,5-16,20-21H2,1-4H3. The SMILES string of the molecule is CCCCCCCCCCCCCC(=O)c1cccc(C(C)(C)Cl)c1NCCC. The van der Waals surface area contributed by atoms with Crippen molar-refractivity contribution in [3.8, 4) is 0 Å². The second-order valence-electron chi connectivity index (χ2n) is 8.84. The number of halogens is 1. The Labute approximate surface area is 185 Å². The molecule has 0 heterocycles. The van der Waals surface area contributed by atoms with E-state index in [1.807, 2.05) is 32.0 Å². The third kappa shape index (κ3) is 10.5. The molecule has 0 aliphatic carbocycles. The van der Waals surface area contributed by atoms with Crippen LogP contribution in [0.3, 0.4) is 0 Å². The summed E-state index contributed by atoms with van der Waals surface area (Å²) < 4.78 is 0.